The zero-order chi connectivity index (χ0) is 28.5. The highest BCUT2D eigenvalue weighted by Crippen LogP contribution is 2.64. The maximum Gasteiger partial charge on any atom is 0.407 e. The molecule has 0 spiro atoms. The quantitative estimate of drug-likeness (QED) is 0.184. The number of hydrogen-bond donors (Lipinski definition) is 2. The molecule has 0 saturated heterocycles. The molecule has 0 aromatic heterocycles. The van der Waals surface area contributed by atoms with Crippen molar-refractivity contribution >= 4 is 20.2 Å². The highest BCUT2D eigenvalue weighted by molar-refractivity contribution is 6.74. The van der Waals surface area contributed by atoms with E-state index >= 15 is 0 Å². The zero-order valence-electron chi connectivity index (χ0n) is 25.6. The zero-order valence-corrected chi connectivity index (χ0v) is 26.6. The molecule has 0 bridgehead atoms. The largest absolute Gasteiger partial charge is 0.515 e. The van der Waals surface area contributed by atoms with Crippen molar-refractivity contribution in [1.29, 1.82) is 0 Å². The summed E-state index contributed by atoms with van der Waals surface area (Å²) in [4.78, 5) is 25.5. The van der Waals surface area contributed by atoms with Crippen LogP contribution in [0.3, 0.4) is 0 Å². The van der Waals surface area contributed by atoms with Crippen LogP contribution in [-0.2, 0) is 14.0 Å². The van der Waals surface area contributed by atoms with E-state index in [1.54, 1.807) is 0 Å². The predicted molar refractivity (Wildman–Crippen MR) is 156 cm³/mol. The van der Waals surface area contributed by atoms with Gasteiger partial charge in [-0.2, -0.15) is 0 Å². The highest BCUT2D eigenvalue weighted by Gasteiger charge is 2.59. The minimum absolute atomic E-state index is 0.0440. The van der Waals surface area contributed by atoms with Gasteiger partial charge in [0.25, 0.3) is 0 Å². The fraction of sp³-hybridized carbons (Fsp3) is 0.871. The number of ketones is 1. The van der Waals surface area contributed by atoms with E-state index in [-0.39, 0.29) is 33.7 Å². The van der Waals surface area contributed by atoms with Crippen LogP contribution in [0.4, 0.5) is 4.79 Å². The number of rotatable bonds is 8. The van der Waals surface area contributed by atoms with Gasteiger partial charge in [-0.15, -0.1) is 0 Å². The van der Waals surface area contributed by atoms with Gasteiger partial charge in [-0.3, -0.25) is 4.79 Å². The first-order valence-electron chi connectivity index (χ1n) is 15.1. The van der Waals surface area contributed by atoms with Gasteiger partial charge in [0, 0.05) is 25.1 Å². The Bertz CT molecular complexity index is 895. The number of nitrogens with one attached hydrogen (secondary N) is 1. The summed E-state index contributed by atoms with van der Waals surface area (Å²) >= 11 is 0. The number of carbonyl (C=O) groups is 2. The molecule has 7 atom stereocenters. The number of Topliss-reactive ketones (excluding diaryl/α,β-unsaturated/α-hetero) is 1. The summed E-state index contributed by atoms with van der Waals surface area (Å²) in [6, 6.07) is 0. The first kappa shape index (κ1) is 31.2. The first-order valence-corrected chi connectivity index (χ1v) is 18.0. The summed E-state index contributed by atoms with van der Waals surface area (Å²) in [5, 5.41) is 13.2. The van der Waals surface area contributed by atoms with Gasteiger partial charge in [0.2, 0.25) is 0 Å². The summed E-state index contributed by atoms with van der Waals surface area (Å²) in [5.41, 5.74) is 0.604. The van der Waals surface area contributed by atoms with Crippen molar-refractivity contribution in [2.24, 2.45) is 40.4 Å². The van der Waals surface area contributed by atoms with E-state index in [4.69, 9.17) is 9.16 Å². The monoisotopic (exact) mass is 549 g/mol. The lowest BCUT2D eigenvalue weighted by Crippen LogP contribution is -2.55. The third-order valence-electron chi connectivity index (χ3n) is 11.6. The molecular formula is C31H55NO5Si. The van der Waals surface area contributed by atoms with E-state index in [9.17, 15) is 14.7 Å². The molecule has 0 unspecified atom stereocenters. The molecular weight excluding hydrogens is 494 g/mol. The number of fused-ring (bicyclic) bond motifs is 1. The van der Waals surface area contributed by atoms with Gasteiger partial charge in [-0.05, 0) is 97.6 Å². The molecule has 0 aliphatic heterocycles. The molecule has 3 aliphatic rings. The van der Waals surface area contributed by atoms with Crippen LogP contribution in [-0.4, -0.2) is 45.1 Å². The lowest BCUT2D eigenvalue weighted by atomic mass is 9.48. The molecule has 0 aromatic carbocycles. The number of hydrogen-bond acceptors (Lipinski definition) is 5. The molecule has 3 rings (SSSR count). The van der Waals surface area contributed by atoms with Crippen molar-refractivity contribution < 1.29 is 23.9 Å². The van der Waals surface area contributed by atoms with Gasteiger partial charge < -0.3 is 19.6 Å². The number of allylic oxidation sites excluding steroid dienone is 1. The van der Waals surface area contributed by atoms with Crippen LogP contribution in [0.5, 0.6) is 0 Å². The van der Waals surface area contributed by atoms with Crippen LogP contribution < -0.4 is 5.32 Å². The topological polar surface area (TPSA) is 84.9 Å². The van der Waals surface area contributed by atoms with E-state index in [0.29, 0.717) is 61.8 Å². The molecule has 7 heteroatoms. The number of alkyl carbamates (subject to hydrolysis) is 1. The molecule has 1 amide bonds. The van der Waals surface area contributed by atoms with Crippen molar-refractivity contribution in [3.8, 4) is 0 Å². The molecule has 38 heavy (non-hydrogen) atoms. The third kappa shape index (κ3) is 5.89. The highest BCUT2D eigenvalue weighted by atomic mass is 28.4. The average molecular weight is 550 g/mol. The third-order valence-corrected chi connectivity index (χ3v) is 16.1. The maximum absolute atomic E-state index is 13.1. The van der Waals surface area contributed by atoms with E-state index in [1.807, 2.05) is 6.92 Å². The lowest BCUT2D eigenvalue weighted by molar-refractivity contribution is -0.126. The second-order valence-electron chi connectivity index (χ2n) is 14.4. The Hall–Kier alpha value is -1.34. The fourth-order valence-corrected chi connectivity index (χ4v) is 9.17. The van der Waals surface area contributed by atoms with Gasteiger partial charge >= 0.3 is 6.09 Å². The molecule has 218 valence electrons. The van der Waals surface area contributed by atoms with Crippen LogP contribution in [0, 0.1) is 40.4 Å². The van der Waals surface area contributed by atoms with Crippen LogP contribution in [0.15, 0.2) is 11.8 Å². The minimum Gasteiger partial charge on any atom is -0.515 e. The van der Waals surface area contributed by atoms with Gasteiger partial charge in [-0.1, -0.05) is 48.0 Å². The SMILES string of the molecule is CCOC(=O)NC[C@@H]1[C@@H]([C@@]2(C)CC(=CO)C(=O)C[C@@H]2CO[Si](C)(C)C(C)(C)C)CC[C@]2(C)[C@@H](CC)CC[C@@H]12. The summed E-state index contributed by atoms with van der Waals surface area (Å²) in [5.74, 6) is 1.96. The van der Waals surface area contributed by atoms with E-state index < -0.39 is 8.32 Å². The Balaban J connectivity index is 1.98. The molecule has 3 aliphatic carbocycles. The van der Waals surface area contributed by atoms with E-state index in [0.717, 1.165) is 12.7 Å². The standard InChI is InChI=1S/C31H55NO5Si/c1-10-22-12-13-25-24(18-32-28(35)36-11-2)26(14-15-30(22,25)6)31(7)17-21(19-33)27(34)16-23(31)20-37-38(8,9)29(3,4)5/h19,22-26,33H,10-18,20H2,1-9H3,(H,32,35)/t22-,23+,24-,25-,26-,30+,31-/m0/s1. The summed E-state index contributed by atoms with van der Waals surface area (Å²) in [6.45, 7) is 21.8. The van der Waals surface area contributed by atoms with Crippen molar-refractivity contribution in [2.75, 3.05) is 19.8 Å². The van der Waals surface area contributed by atoms with Crippen molar-refractivity contribution in [1.82, 2.24) is 5.32 Å². The number of amides is 1. The van der Waals surface area contributed by atoms with Crippen molar-refractivity contribution in [2.45, 2.75) is 112 Å². The Morgan fingerprint density at radius 2 is 1.76 bits per heavy atom. The van der Waals surface area contributed by atoms with Crippen molar-refractivity contribution in [3.63, 3.8) is 0 Å². The number of aliphatic hydroxyl groups excluding tert-OH is 1. The molecule has 6 nitrogen and oxygen atoms in total. The average Bonchev–Trinajstić information content (AvgIpc) is 3.18. The van der Waals surface area contributed by atoms with Crippen LogP contribution in [0.2, 0.25) is 18.1 Å². The summed E-state index contributed by atoms with van der Waals surface area (Å²) < 4.78 is 12.0. The van der Waals surface area contributed by atoms with Crippen molar-refractivity contribution in [3.05, 3.63) is 11.8 Å². The first-order chi connectivity index (χ1) is 17.6. The number of aliphatic hydroxyl groups is 1. The van der Waals surface area contributed by atoms with Crippen LogP contribution in [0.1, 0.15) is 93.4 Å². The Labute approximate surface area is 232 Å². The van der Waals surface area contributed by atoms with Gasteiger partial charge in [0.1, 0.15) is 0 Å². The molecule has 0 aromatic rings. The minimum atomic E-state index is -2.00. The van der Waals surface area contributed by atoms with Crippen LogP contribution >= 0.6 is 0 Å². The molecule has 2 N–H and O–H groups in total. The molecule has 0 radical (unpaired) electrons. The Morgan fingerprint density at radius 3 is 2.34 bits per heavy atom. The van der Waals surface area contributed by atoms with Crippen LogP contribution in [0.25, 0.3) is 0 Å². The second kappa shape index (κ2) is 11.6. The van der Waals surface area contributed by atoms with E-state index in [2.05, 4.69) is 60.0 Å². The second-order valence-corrected chi connectivity index (χ2v) is 19.2. The summed E-state index contributed by atoms with van der Waals surface area (Å²) in [6.07, 6.45) is 7.54. The molecule has 0 heterocycles. The molecule has 3 saturated carbocycles. The maximum atomic E-state index is 13.1. The fourth-order valence-electron chi connectivity index (χ4n) is 8.12. The van der Waals surface area contributed by atoms with Gasteiger partial charge in [-0.25, -0.2) is 4.79 Å². The summed E-state index contributed by atoms with van der Waals surface area (Å²) in [7, 11) is -2.00. The number of ether oxygens (including phenoxy) is 1. The van der Waals surface area contributed by atoms with Gasteiger partial charge in [0.15, 0.2) is 14.1 Å². The predicted octanol–water partition coefficient (Wildman–Crippen LogP) is 7.65. The van der Waals surface area contributed by atoms with E-state index in [1.165, 1.54) is 25.7 Å². The Kier molecular flexibility index (Phi) is 9.55. The lowest BCUT2D eigenvalue weighted by Gasteiger charge is -2.57. The smallest absolute Gasteiger partial charge is 0.407 e. The Morgan fingerprint density at radius 1 is 1.11 bits per heavy atom. The number of carbonyl (C=O) groups excluding carboxylic acids is 2. The van der Waals surface area contributed by atoms with Gasteiger partial charge in [0.05, 0.1) is 12.9 Å². The molecule has 3 fully saturated rings. The normalized spacial score (nSPS) is 37.2.